The van der Waals surface area contributed by atoms with Gasteiger partial charge in [0, 0.05) is 25.3 Å². The van der Waals surface area contributed by atoms with E-state index in [0.29, 0.717) is 18.2 Å². The standard InChI is InChI=1S/C14H23N3O3/c1-10-7-12(20-13(10)14(18)16-15)9-17(2)8-11-3-5-19-6-4-11/h7,11H,3-6,8-9,15H2,1-2H3,(H,16,18). The molecule has 6 nitrogen and oxygen atoms in total. The maximum Gasteiger partial charge on any atom is 0.301 e. The molecule has 0 aliphatic carbocycles. The molecule has 0 aromatic carbocycles. The van der Waals surface area contributed by atoms with Crippen molar-refractivity contribution in [1.29, 1.82) is 0 Å². The van der Waals surface area contributed by atoms with Gasteiger partial charge in [0.15, 0.2) is 5.76 Å². The number of furan rings is 1. The highest BCUT2D eigenvalue weighted by molar-refractivity contribution is 5.92. The van der Waals surface area contributed by atoms with Gasteiger partial charge in [-0.2, -0.15) is 0 Å². The first-order valence-corrected chi connectivity index (χ1v) is 6.96. The molecule has 1 aliphatic rings. The van der Waals surface area contributed by atoms with E-state index in [-0.39, 0.29) is 5.91 Å². The maximum atomic E-state index is 11.5. The van der Waals surface area contributed by atoms with Crippen LogP contribution in [0, 0.1) is 12.8 Å². The Hall–Kier alpha value is -1.37. The number of aryl methyl sites for hydroxylation is 1. The topological polar surface area (TPSA) is 80.7 Å². The molecule has 0 spiro atoms. The van der Waals surface area contributed by atoms with Crippen LogP contribution >= 0.6 is 0 Å². The molecule has 0 unspecified atom stereocenters. The van der Waals surface area contributed by atoms with Gasteiger partial charge in [-0.25, -0.2) is 5.84 Å². The minimum absolute atomic E-state index is 0.293. The van der Waals surface area contributed by atoms with Gasteiger partial charge in [0.2, 0.25) is 0 Å². The van der Waals surface area contributed by atoms with E-state index in [1.165, 1.54) is 0 Å². The van der Waals surface area contributed by atoms with Crippen molar-refractivity contribution in [2.24, 2.45) is 11.8 Å². The zero-order valence-electron chi connectivity index (χ0n) is 12.1. The number of nitrogens with two attached hydrogens (primary N) is 1. The quantitative estimate of drug-likeness (QED) is 0.479. The summed E-state index contributed by atoms with van der Waals surface area (Å²) in [5.74, 6) is 6.50. The summed E-state index contributed by atoms with van der Waals surface area (Å²) in [6, 6.07) is 1.89. The molecule has 1 aliphatic heterocycles. The Balaban J connectivity index is 1.90. The monoisotopic (exact) mass is 281 g/mol. The van der Waals surface area contributed by atoms with Gasteiger partial charge in [0.1, 0.15) is 5.76 Å². The summed E-state index contributed by atoms with van der Waals surface area (Å²) in [7, 11) is 2.07. The molecule has 1 aromatic rings. The predicted octanol–water partition coefficient (Wildman–Crippen LogP) is 1.05. The van der Waals surface area contributed by atoms with Gasteiger partial charge in [-0.1, -0.05) is 0 Å². The van der Waals surface area contributed by atoms with Crippen LogP contribution in [0.1, 0.15) is 34.7 Å². The Morgan fingerprint density at radius 1 is 1.50 bits per heavy atom. The Morgan fingerprint density at radius 3 is 2.85 bits per heavy atom. The fourth-order valence-electron chi connectivity index (χ4n) is 2.62. The lowest BCUT2D eigenvalue weighted by atomic mass is 10.00. The number of nitrogen functional groups attached to an aromatic ring is 1. The largest absolute Gasteiger partial charge is 0.454 e. The third-order valence-corrected chi connectivity index (χ3v) is 3.64. The highest BCUT2D eigenvalue weighted by Crippen LogP contribution is 2.19. The molecule has 20 heavy (non-hydrogen) atoms. The molecule has 1 saturated heterocycles. The summed E-state index contributed by atoms with van der Waals surface area (Å²) < 4.78 is 10.9. The molecule has 0 radical (unpaired) electrons. The molecule has 0 bridgehead atoms. The van der Waals surface area contributed by atoms with E-state index in [1.807, 2.05) is 13.0 Å². The van der Waals surface area contributed by atoms with Crippen molar-refractivity contribution in [3.63, 3.8) is 0 Å². The molecule has 112 valence electrons. The molecule has 0 saturated carbocycles. The number of rotatable bonds is 5. The Labute approximate surface area is 119 Å². The minimum atomic E-state index is -0.388. The molecule has 2 rings (SSSR count). The normalized spacial score (nSPS) is 16.6. The average Bonchev–Trinajstić information content (AvgIpc) is 2.79. The van der Waals surface area contributed by atoms with Gasteiger partial charge in [-0.15, -0.1) is 0 Å². The molecule has 1 fully saturated rings. The summed E-state index contributed by atoms with van der Waals surface area (Å²) in [5.41, 5.74) is 2.90. The van der Waals surface area contributed by atoms with Crippen LogP contribution in [0.2, 0.25) is 0 Å². The lowest BCUT2D eigenvalue weighted by Crippen LogP contribution is -2.30. The zero-order chi connectivity index (χ0) is 14.5. The van der Waals surface area contributed by atoms with Gasteiger partial charge >= 0.3 is 5.91 Å². The van der Waals surface area contributed by atoms with Crippen LogP contribution in [0.15, 0.2) is 10.5 Å². The van der Waals surface area contributed by atoms with Gasteiger partial charge < -0.3 is 9.15 Å². The summed E-state index contributed by atoms with van der Waals surface area (Å²) in [5, 5.41) is 0. The molecule has 3 N–H and O–H groups in total. The number of hydrogen-bond acceptors (Lipinski definition) is 5. The molecule has 6 heteroatoms. The fourth-order valence-corrected chi connectivity index (χ4v) is 2.62. The van der Waals surface area contributed by atoms with Crippen LogP contribution in [-0.2, 0) is 11.3 Å². The molecular formula is C14H23N3O3. The van der Waals surface area contributed by atoms with Gasteiger partial charge in [-0.05, 0) is 38.8 Å². The van der Waals surface area contributed by atoms with Gasteiger partial charge in [0.05, 0.1) is 6.54 Å². The first-order chi connectivity index (χ1) is 9.60. The summed E-state index contributed by atoms with van der Waals surface area (Å²) in [6.45, 7) is 5.27. The van der Waals surface area contributed by atoms with Crippen molar-refractivity contribution in [3.05, 3.63) is 23.2 Å². The Morgan fingerprint density at radius 2 is 2.20 bits per heavy atom. The molecule has 0 atom stereocenters. The number of carbonyl (C=O) groups excluding carboxylic acids is 1. The summed E-state index contributed by atoms with van der Waals surface area (Å²) in [6.07, 6.45) is 2.23. The van der Waals surface area contributed by atoms with Crippen molar-refractivity contribution in [3.8, 4) is 0 Å². The maximum absolute atomic E-state index is 11.5. The van der Waals surface area contributed by atoms with Crippen LogP contribution in [0.4, 0.5) is 0 Å². The van der Waals surface area contributed by atoms with Crippen LogP contribution in [0.25, 0.3) is 0 Å². The average molecular weight is 281 g/mol. The van der Waals surface area contributed by atoms with Crippen molar-refractivity contribution in [2.75, 3.05) is 26.8 Å². The SMILES string of the molecule is Cc1cc(CN(C)CC2CCOCC2)oc1C(=O)NN. The lowest BCUT2D eigenvalue weighted by Gasteiger charge is -2.26. The number of amides is 1. The first-order valence-electron chi connectivity index (χ1n) is 6.96. The number of nitrogens with one attached hydrogen (secondary N) is 1. The van der Waals surface area contributed by atoms with E-state index in [4.69, 9.17) is 15.0 Å². The smallest absolute Gasteiger partial charge is 0.301 e. The van der Waals surface area contributed by atoms with Gasteiger partial charge in [-0.3, -0.25) is 15.1 Å². The number of hydrogen-bond donors (Lipinski definition) is 2. The molecule has 1 amide bonds. The second-order valence-electron chi connectivity index (χ2n) is 5.45. The van der Waals surface area contributed by atoms with Crippen molar-refractivity contribution >= 4 is 5.91 Å². The van der Waals surface area contributed by atoms with E-state index < -0.39 is 0 Å². The third-order valence-electron chi connectivity index (χ3n) is 3.64. The highest BCUT2D eigenvalue weighted by Gasteiger charge is 2.18. The van der Waals surface area contributed by atoms with Crippen LogP contribution < -0.4 is 11.3 Å². The highest BCUT2D eigenvalue weighted by atomic mass is 16.5. The van der Waals surface area contributed by atoms with Gasteiger partial charge in [0.25, 0.3) is 0 Å². The summed E-state index contributed by atoms with van der Waals surface area (Å²) in [4.78, 5) is 13.7. The van der Waals surface area contributed by atoms with Crippen molar-refractivity contribution in [2.45, 2.75) is 26.3 Å². The zero-order valence-corrected chi connectivity index (χ0v) is 12.1. The van der Waals surface area contributed by atoms with E-state index in [1.54, 1.807) is 0 Å². The number of hydrazine groups is 1. The lowest BCUT2D eigenvalue weighted by molar-refractivity contribution is 0.0542. The van der Waals surface area contributed by atoms with Crippen molar-refractivity contribution < 1.29 is 13.9 Å². The van der Waals surface area contributed by atoms with E-state index in [2.05, 4.69) is 17.4 Å². The second kappa shape index (κ2) is 6.88. The Kier molecular flexibility index (Phi) is 5.17. The number of carbonyl (C=O) groups is 1. The fraction of sp³-hybridized carbons (Fsp3) is 0.643. The number of ether oxygens (including phenoxy) is 1. The van der Waals surface area contributed by atoms with Crippen LogP contribution in [-0.4, -0.2) is 37.6 Å². The number of nitrogens with zero attached hydrogens (tertiary/aromatic N) is 1. The molecule has 2 heterocycles. The Bertz CT molecular complexity index is 453. The second-order valence-corrected chi connectivity index (χ2v) is 5.45. The van der Waals surface area contributed by atoms with Crippen molar-refractivity contribution in [1.82, 2.24) is 10.3 Å². The molecule has 1 aromatic heterocycles. The van der Waals surface area contributed by atoms with Crippen LogP contribution in [0.3, 0.4) is 0 Å². The van der Waals surface area contributed by atoms with E-state index in [9.17, 15) is 4.79 Å². The first kappa shape index (κ1) is 15.0. The summed E-state index contributed by atoms with van der Waals surface area (Å²) >= 11 is 0. The third kappa shape index (κ3) is 3.82. The van der Waals surface area contributed by atoms with E-state index in [0.717, 1.165) is 43.9 Å². The molecular weight excluding hydrogens is 258 g/mol. The van der Waals surface area contributed by atoms with Crippen LogP contribution in [0.5, 0.6) is 0 Å². The minimum Gasteiger partial charge on any atom is -0.454 e. The predicted molar refractivity (Wildman–Crippen MR) is 75.0 cm³/mol. The van der Waals surface area contributed by atoms with E-state index >= 15 is 0 Å².